The standard InChI is InChI=1S/C20H22N2O3S/c1-15-4-2-5-16(14-15)18(23)22-11-13-26-20(22)7-9-21(10-8-20)19(24)17-6-3-12-25-17/h2-6,12,14H,7-11,13H2,1H3. The van der Waals surface area contributed by atoms with Gasteiger partial charge in [-0.25, -0.2) is 0 Å². The number of rotatable bonds is 2. The van der Waals surface area contributed by atoms with Crippen molar-refractivity contribution in [2.75, 3.05) is 25.4 Å². The number of furan rings is 1. The van der Waals surface area contributed by atoms with Gasteiger partial charge in [0, 0.05) is 31.0 Å². The number of likely N-dealkylation sites (tertiary alicyclic amines) is 1. The molecule has 1 aromatic carbocycles. The maximum atomic E-state index is 13.1. The number of carbonyl (C=O) groups is 2. The van der Waals surface area contributed by atoms with Crippen LogP contribution in [-0.4, -0.2) is 51.9 Å². The average molecular weight is 370 g/mol. The summed E-state index contributed by atoms with van der Waals surface area (Å²) in [7, 11) is 0. The van der Waals surface area contributed by atoms with Gasteiger partial charge in [0.15, 0.2) is 5.76 Å². The van der Waals surface area contributed by atoms with Crippen LogP contribution in [0.1, 0.15) is 39.3 Å². The van der Waals surface area contributed by atoms with Crippen molar-refractivity contribution in [2.45, 2.75) is 24.6 Å². The molecule has 0 saturated carbocycles. The molecule has 2 aromatic rings. The number of piperidine rings is 1. The molecular weight excluding hydrogens is 348 g/mol. The normalized spacial score (nSPS) is 19.1. The summed E-state index contributed by atoms with van der Waals surface area (Å²) in [4.78, 5) is 29.2. The maximum Gasteiger partial charge on any atom is 0.289 e. The van der Waals surface area contributed by atoms with Crippen LogP contribution in [0, 0.1) is 6.92 Å². The first kappa shape index (κ1) is 17.2. The third-order valence-corrected chi connectivity index (χ3v) is 6.80. The second-order valence-corrected chi connectivity index (χ2v) is 8.35. The van der Waals surface area contributed by atoms with Crippen LogP contribution in [0.3, 0.4) is 0 Å². The van der Waals surface area contributed by atoms with E-state index in [2.05, 4.69) is 0 Å². The Bertz CT molecular complexity index is 810. The molecule has 26 heavy (non-hydrogen) atoms. The SMILES string of the molecule is Cc1cccc(C(=O)N2CCSC23CCN(C(=O)c2ccco2)CC3)c1. The fraction of sp³-hybridized carbons (Fsp3) is 0.400. The molecule has 2 aliphatic heterocycles. The number of hydrogen-bond acceptors (Lipinski definition) is 4. The van der Waals surface area contributed by atoms with Crippen LogP contribution < -0.4 is 0 Å². The molecule has 5 nitrogen and oxygen atoms in total. The number of hydrogen-bond donors (Lipinski definition) is 0. The highest BCUT2D eigenvalue weighted by Gasteiger charge is 2.47. The zero-order valence-electron chi connectivity index (χ0n) is 14.8. The Morgan fingerprint density at radius 1 is 1.08 bits per heavy atom. The first-order valence-corrected chi connectivity index (χ1v) is 9.93. The number of aryl methyl sites for hydroxylation is 1. The second-order valence-electron chi connectivity index (χ2n) is 6.89. The molecule has 0 atom stereocenters. The minimum absolute atomic E-state index is 0.0654. The van der Waals surface area contributed by atoms with Crippen molar-refractivity contribution in [1.29, 1.82) is 0 Å². The lowest BCUT2D eigenvalue weighted by Gasteiger charge is -2.44. The topological polar surface area (TPSA) is 53.8 Å². The zero-order valence-corrected chi connectivity index (χ0v) is 15.6. The molecule has 2 amide bonds. The molecule has 2 aliphatic rings. The molecule has 1 aromatic heterocycles. The van der Waals surface area contributed by atoms with Crippen molar-refractivity contribution < 1.29 is 14.0 Å². The first-order valence-electron chi connectivity index (χ1n) is 8.94. The van der Waals surface area contributed by atoms with E-state index in [-0.39, 0.29) is 16.7 Å². The Kier molecular flexibility index (Phi) is 4.53. The van der Waals surface area contributed by atoms with Gasteiger partial charge in [0.2, 0.25) is 0 Å². The van der Waals surface area contributed by atoms with Crippen LogP contribution in [0.4, 0.5) is 0 Å². The van der Waals surface area contributed by atoms with Gasteiger partial charge in [0.05, 0.1) is 11.1 Å². The molecule has 0 radical (unpaired) electrons. The van der Waals surface area contributed by atoms with Gasteiger partial charge in [-0.05, 0) is 44.0 Å². The molecule has 4 rings (SSSR count). The minimum Gasteiger partial charge on any atom is -0.459 e. The molecule has 2 saturated heterocycles. The fourth-order valence-corrected chi connectivity index (χ4v) is 5.31. The molecule has 0 aliphatic carbocycles. The van der Waals surface area contributed by atoms with Crippen LogP contribution in [-0.2, 0) is 0 Å². The van der Waals surface area contributed by atoms with Gasteiger partial charge in [0.1, 0.15) is 0 Å². The Balaban J connectivity index is 1.48. The first-order chi connectivity index (χ1) is 12.6. The smallest absolute Gasteiger partial charge is 0.289 e. The minimum atomic E-state index is -0.194. The lowest BCUT2D eigenvalue weighted by atomic mass is 10.0. The number of nitrogens with zero attached hydrogens (tertiary/aromatic N) is 2. The van der Waals surface area contributed by atoms with Gasteiger partial charge in [-0.2, -0.15) is 0 Å². The van der Waals surface area contributed by atoms with Crippen molar-refractivity contribution in [3.05, 3.63) is 59.5 Å². The van der Waals surface area contributed by atoms with E-state index < -0.39 is 0 Å². The third kappa shape index (κ3) is 3.03. The Labute approximate surface area is 157 Å². The highest BCUT2D eigenvalue weighted by Crippen LogP contribution is 2.44. The molecule has 3 heterocycles. The molecule has 1 spiro atoms. The highest BCUT2D eigenvalue weighted by molar-refractivity contribution is 8.00. The van der Waals surface area contributed by atoms with Gasteiger partial charge in [-0.15, -0.1) is 11.8 Å². The lowest BCUT2D eigenvalue weighted by Crippen LogP contribution is -2.53. The van der Waals surface area contributed by atoms with Crippen LogP contribution in [0.15, 0.2) is 47.1 Å². The number of benzene rings is 1. The largest absolute Gasteiger partial charge is 0.459 e. The van der Waals surface area contributed by atoms with Gasteiger partial charge in [-0.3, -0.25) is 9.59 Å². The Hall–Kier alpha value is -2.21. The molecule has 0 bridgehead atoms. The molecule has 136 valence electrons. The van der Waals surface area contributed by atoms with E-state index in [0.29, 0.717) is 18.8 Å². The fourth-order valence-electron chi connectivity index (χ4n) is 3.86. The van der Waals surface area contributed by atoms with Crippen LogP contribution in [0.5, 0.6) is 0 Å². The van der Waals surface area contributed by atoms with Crippen molar-refractivity contribution in [1.82, 2.24) is 9.80 Å². The van der Waals surface area contributed by atoms with Gasteiger partial charge >= 0.3 is 0 Å². The summed E-state index contributed by atoms with van der Waals surface area (Å²) in [6.07, 6.45) is 3.11. The summed E-state index contributed by atoms with van der Waals surface area (Å²) in [6, 6.07) is 11.2. The van der Waals surface area contributed by atoms with Crippen molar-refractivity contribution >= 4 is 23.6 Å². The molecule has 2 fully saturated rings. The quantitative estimate of drug-likeness (QED) is 0.813. The molecular formula is C20H22N2O3S. The summed E-state index contributed by atoms with van der Waals surface area (Å²) in [5, 5.41) is 0. The van der Waals surface area contributed by atoms with E-state index in [4.69, 9.17) is 4.42 Å². The molecule has 0 unspecified atom stereocenters. The van der Waals surface area contributed by atoms with Gasteiger partial charge < -0.3 is 14.2 Å². The average Bonchev–Trinajstić information content (AvgIpc) is 3.32. The predicted octanol–water partition coefficient (Wildman–Crippen LogP) is 3.41. The summed E-state index contributed by atoms with van der Waals surface area (Å²) in [6.45, 7) is 4.06. The van der Waals surface area contributed by atoms with Crippen molar-refractivity contribution in [3.63, 3.8) is 0 Å². The van der Waals surface area contributed by atoms with E-state index in [9.17, 15) is 9.59 Å². The van der Waals surface area contributed by atoms with E-state index in [1.54, 1.807) is 12.1 Å². The third-order valence-electron chi connectivity index (χ3n) is 5.25. The predicted molar refractivity (Wildman–Crippen MR) is 101 cm³/mol. The van der Waals surface area contributed by atoms with Crippen LogP contribution in [0.25, 0.3) is 0 Å². The zero-order chi connectivity index (χ0) is 18.1. The maximum absolute atomic E-state index is 13.1. The summed E-state index contributed by atoms with van der Waals surface area (Å²) in [5.74, 6) is 1.37. The number of amides is 2. The number of carbonyl (C=O) groups excluding carboxylic acids is 2. The van der Waals surface area contributed by atoms with Crippen LogP contribution >= 0.6 is 11.8 Å². The van der Waals surface area contributed by atoms with E-state index in [0.717, 1.165) is 36.3 Å². The van der Waals surface area contributed by atoms with E-state index in [1.165, 1.54) is 6.26 Å². The lowest BCUT2D eigenvalue weighted by molar-refractivity contribution is 0.0483. The van der Waals surface area contributed by atoms with Gasteiger partial charge in [0.25, 0.3) is 11.8 Å². The van der Waals surface area contributed by atoms with E-state index in [1.807, 2.05) is 52.8 Å². The molecule has 0 N–H and O–H groups in total. The summed E-state index contributed by atoms with van der Waals surface area (Å²) in [5.41, 5.74) is 1.84. The van der Waals surface area contributed by atoms with Crippen LogP contribution in [0.2, 0.25) is 0 Å². The Morgan fingerprint density at radius 3 is 2.58 bits per heavy atom. The van der Waals surface area contributed by atoms with Crippen molar-refractivity contribution in [2.24, 2.45) is 0 Å². The van der Waals surface area contributed by atoms with Gasteiger partial charge in [-0.1, -0.05) is 17.7 Å². The summed E-state index contributed by atoms with van der Waals surface area (Å²) >= 11 is 1.86. The molecule has 6 heteroatoms. The number of thioether (sulfide) groups is 1. The monoisotopic (exact) mass is 370 g/mol. The Morgan fingerprint density at radius 2 is 1.88 bits per heavy atom. The summed E-state index contributed by atoms with van der Waals surface area (Å²) < 4.78 is 5.23. The van der Waals surface area contributed by atoms with E-state index >= 15 is 0 Å². The second kappa shape index (κ2) is 6.83. The highest BCUT2D eigenvalue weighted by atomic mass is 32.2. The van der Waals surface area contributed by atoms with Crippen molar-refractivity contribution in [3.8, 4) is 0 Å².